The summed E-state index contributed by atoms with van der Waals surface area (Å²) in [5, 5.41) is 38.3. The molecule has 11 N–H and O–H groups in total. The minimum atomic E-state index is -1.29. The van der Waals surface area contributed by atoms with Gasteiger partial charge in [0.25, 0.3) is 0 Å². The van der Waals surface area contributed by atoms with E-state index < -0.39 is 60.7 Å². The first kappa shape index (κ1) is 27.1. The smallest absolute Gasteiger partial charge is 0.185 e. The van der Waals surface area contributed by atoms with Crippen LogP contribution in [0.4, 0.5) is 0 Å². The van der Waals surface area contributed by atoms with Crippen molar-refractivity contribution in [3.05, 3.63) is 0 Å². The Bertz CT molecular complexity index is 632. The van der Waals surface area contributed by atoms with Gasteiger partial charge in [-0.2, -0.15) is 0 Å². The Hall–Kier alpha value is -0.480. The van der Waals surface area contributed by atoms with E-state index in [1.807, 2.05) is 14.0 Å². The number of aliphatic hydroxyl groups excluding tert-OH is 2. The van der Waals surface area contributed by atoms with E-state index in [2.05, 4.69) is 10.6 Å². The number of ether oxygens (including phenoxy) is 4. The van der Waals surface area contributed by atoms with E-state index in [0.29, 0.717) is 12.8 Å². The fourth-order valence-electron chi connectivity index (χ4n) is 5.04. The SMILES string of the molecule is CNC(C)C1CC[C@@H](N)[C@@H](OC2C(N)CC(N)[C@H](OC3OC[C@](C)(O)[C@H](NC)[C@H]3O)[C@H]2O)O1. The van der Waals surface area contributed by atoms with Crippen molar-refractivity contribution in [3.8, 4) is 0 Å². The fourth-order valence-corrected chi connectivity index (χ4v) is 5.04. The van der Waals surface area contributed by atoms with Crippen molar-refractivity contribution in [1.82, 2.24) is 10.6 Å². The zero-order valence-corrected chi connectivity index (χ0v) is 20.0. The number of hydrogen-bond donors (Lipinski definition) is 8. The van der Waals surface area contributed by atoms with Crippen LogP contribution in [-0.4, -0.2) is 115 Å². The monoisotopic (exact) mass is 477 g/mol. The van der Waals surface area contributed by atoms with E-state index in [-0.39, 0.29) is 24.8 Å². The molecule has 0 bridgehead atoms. The molecule has 1 aliphatic carbocycles. The van der Waals surface area contributed by atoms with Gasteiger partial charge >= 0.3 is 0 Å². The van der Waals surface area contributed by atoms with Gasteiger partial charge in [-0.15, -0.1) is 0 Å². The van der Waals surface area contributed by atoms with Crippen molar-refractivity contribution in [2.45, 2.75) is 112 Å². The highest BCUT2D eigenvalue weighted by Gasteiger charge is 2.50. The molecule has 0 spiro atoms. The molecule has 3 rings (SSSR count). The van der Waals surface area contributed by atoms with E-state index in [9.17, 15) is 15.3 Å². The zero-order chi connectivity index (χ0) is 24.5. The van der Waals surface area contributed by atoms with Crippen LogP contribution in [0, 0.1) is 0 Å². The molecule has 1 saturated carbocycles. The summed E-state index contributed by atoms with van der Waals surface area (Å²) in [5.74, 6) is 0. The third-order valence-corrected chi connectivity index (χ3v) is 7.24. The average Bonchev–Trinajstić information content (AvgIpc) is 2.76. The molecule has 33 heavy (non-hydrogen) atoms. The van der Waals surface area contributed by atoms with Crippen LogP contribution in [0.25, 0.3) is 0 Å². The summed E-state index contributed by atoms with van der Waals surface area (Å²) in [6.45, 7) is 3.52. The summed E-state index contributed by atoms with van der Waals surface area (Å²) in [4.78, 5) is 0. The molecule has 0 aromatic rings. The molecule has 12 nitrogen and oxygen atoms in total. The van der Waals surface area contributed by atoms with Crippen molar-refractivity contribution >= 4 is 0 Å². The lowest BCUT2D eigenvalue weighted by Crippen LogP contribution is -2.68. The van der Waals surface area contributed by atoms with Crippen LogP contribution in [0.1, 0.15) is 33.1 Å². The van der Waals surface area contributed by atoms with Crippen LogP contribution in [0.3, 0.4) is 0 Å². The number of rotatable bonds is 7. The summed E-state index contributed by atoms with van der Waals surface area (Å²) in [6.07, 6.45) is -4.22. The van der Waals surface area contributed by atoms with E-state index in [4.69, 9.17) is 36.1 Å². The van der Waals surface area contributed by atoms with Crippen molar-refractivity contribution < 1.29 is 34.3 Å². The van der Waals surface area contributed by atoms with Gasteiger partial charge in [-0.3, -0.25) is 0 Å². The van der Waals surface area contributed by atoms with Crippen molar-refractivity contribution in [1.29, 1.82) is 0 Å². The second kappa shape index (κ2) is 11.1. The van der Waals surface area contributed by atoms with Crippen LogP contribution in [0.5, 0.6) is 0 Å². The number of nitrogens with two attached hydrogens (primary N) is 3. The van der Waals surface area contributed by atoms with Gasteiger partial charge in [-0.05, 0) is 47.2 Å². The van der Waals surface area contributed by atoms with Crippen molar-refractivity contribution in [3.63, 3.8) is 0 Å². The molecule has 2 heterocycles. The summed E-state index contributed by atoms with van der Waals surface area (Å²) in [5.41, 5.74) is 17.5. The molecule has 13 atom stereocenters. The fraction of sp³-hybridized carbons (Fsp3) is 1.00. The lowest BCUT2D eigenvalue weighted by molar-refractivity contribution is -0.307. The quantitative estimate of drug-likeness (QED) is 0.182. The van der Waals surface area contributed by atoms with Gasteiger partial charge in [0.1, 0.15) is 30.0 Å². The third kappa shape index (κ3) is 5.85. The molecule has 194 valence electrons. The van der Waals surface area contributed by atoms with Crippen molar-refractivity contribution in [2.24, 2.45) is 17.2 Å². The highest BCUT2D eigenvalue weighted by Crippen LogP contribution is 2.31. The maximum absolute atomic E-state index is 11.1. The van der Waals surface area contributed by atoms with E-state index in [0.717, 1.165) is 6.42 Å². The minimum absolute atomic E-state index is 0.0620. The minimum Gasteiger partial charge on any atom is -0.388 e. The van der Waals surface area contributed by atoms with E-state index in [1.165, 1.54) is 0 Å². The first-order valence-electron chi connectivity index (χ1n) is 11.8. The summed E-state index contributed by atoms with van der Waals surface area (Å²) in [6, 6.07) is -2.11. The Balaban J connectivity index is 1.68. The Morgan fingerprint density at radius 3 is 2.15 bits per heavy atom. The molecule has 0 amide bonds. The van der Waals surface area contributed by atoms with E-state index >= 15 is 0 Å². The zero-order valence-electron chi connectivity index (χ0n) is 20.0. The number of aliphatic hydroxyl groups is 3. The summed E-state index contributed by atoms with van der Waals surface area (Å²) in [7, 11) is 3.49. The maximum atomic E-state index is 11.1. The van der Waals surface area contributed by atoms with Gasteiger partial charge in [-0.25, -0.2) is 0 Å². The lowest BCUT2D eigenvalue weighted by atomic mass is 9.84. The lowest BCUT2D eigenvalue weighted by Gasteiger charge is -2.48. The number of likely N-dealkylation sites (N-methyl/N-ethyl adjacent to an activating group) is 2. The first-order chi connectivity index (χ1) is 15.5. The first-order valence-corrected chi connectivity index (χ1v) is 11.8. The molecule has 6 unspecified atom stereocenters. The van der Waals surface area contributed by atoms with Crippen LogP contribution in [0.15, 0.2) is 0 Å². The topological polar surface area (TPSA) is 200 Å². The van der Waals surface area contributed by atoms with Gasteiger partial charge in [0.05, 0.1) is 24.8 Å². The predicted octanol–water partition coefficient (Wildman–Crippen LogP) is -3.33. The standard InChI is InChI=1S/C21H43N5O7/c1-9(25-3)13-6-5-10(22)19(31-13)32-16-11(23)7-12(24)17(14(16)27)33-20-15(28)18(26-4)21(2,29)8-30-20/h9-20,25-29H,5-8,22-24H2,1-4H3/t9?,10-,11?,12?,13?,14+,15-,16?,17+,18-,19-,20?,21+/m1/s1. The molecule has 0 radical (unpaired) electrons. The van der Waals surface area contributed by atoms with Gasteiger partial charge in [-0.1, -0.05) is 0 Å². The molecule has 0 aromatic heterocycles. The maximum Gasteiger partial charge on any atom is 0.185 e. The molecule has 3 aliphatic rings. The van der Waals surface area contributed by atoms with Gasteiger partial charge in [0, 0.05) is 18.1 Å². The highest BCUT2D eigenvalue weighted by molar-refractivity contribution is 5.02. The second-order valence-electron chi connectivity index (χ2n) is 9.91. The van der Waals surface area contributed by atoms with Gasteiger partial charge in [0.15, 0.2) is 12.6 Å². The Labute approximate surface area is 195 Å². The molecular formula is C21H43N5O7. The Morgan fingerprint density at radius 2 is 1.58 bits per heavy atom. The number of nitrogens with one attached hydrogen (secondary N) is 2. The molecule has 2 aliphatic heterocycles. The average molecular weight is 478 g/mol. The van der Waals surface area contributed by atoms with Gasteiger partial charge in [0.2, 0.25) is 0 Å². The molecule has 2 saturated heterocycles. The van der Waals surface area contributed by atoms with Crippen LogP contribution in [-0.2, 0) is 18.9 Å². The highest BCUT2D eigenvalue weighted by atomic mass is 16.7. The Morgan fingerprint density at radius 1 is 0.970 bits per heavy atom. The molecule has 12 heteroatoms. The van der Waals surface area contributed by atoms with E-state index in [1.54, 1.807) is 14.0 Å². The largest absolute Gasteiger partial charge is 0.388 e. The van der Waals surface area contributed by atoms with Crippen LogP contribution < -0.4 is 27.8 Å². The summed E-state index contributed by atoms with van der Waals surface area (Å²) < 4.78 is 23.7. The van der Waals surface area contributed by atoms with Gasteiger partial charge < -0.3 is 62.1 Å². The third-order valence-electron chi connectivity index (χ3n) is 7.24. The summed E-state index contributed by atoms with van der Waals surface area (Å²) >= 11 is 0. The Kier molecular flexibility index (Phi) is 9.09. The van der Waals surface area contributed by atoms with Crippen LogP contribution >= 0.6 is 0 Å². The number of hydrogen-bond acceptors (Lipinski definition) is 12. The van der Waals surface area contributed by atoms with Crippen molar-refractivity contribution in [2.75, 3.05) is 20.7 Å². The molecular weight excluding hydrogens is 434 g/mol. The predicted molar refractivity (Wildman–Crippen MR) is 120 cm³/mol. The molecule has 3 fully saturated rings. The molecule has 0 aromatic carbocycles. The van der Waals surface area contributed by atoms with Crippen LogP contribution in [0.2, 0.25) is 0 Å². The normalized spacial score (nSPS) is 50.2. The second-order valence-corrected chi connectivity index (χ2v) is 9.91.